The van der Waals surface area contributed by atoms with Crippen molar-refractivity contribution in [3.8, 4) is 0 Å². The molecule has 0 spiro atoms. The van der Waals surface area contributed by atoms with Gasteiger partial charge in [0.25, 0.3) is 0 Å². The molecular weight excluding hydrogens is 288 g/mol. The van der Waals surface area contributed by atoms with Gasteiger partial charge in [-0.15, -0.1) is 0 Å². The van der Waals surface area contributed by atoms with Gasteiger partial charge in [0.05, 0.1) is 22.2 Å². The highest BCUT2D eigenvalue weighted by molar-refractivity contribution is 7.90. The topological polar surface area (TPSA) is 63.6 Å². The van der Waals surface area contributed by atoms with Crippen molar-refractivity contribution < 1.29 is 18.3 Å². The maximum atomic E-state index is 11.5. The molecule has 1 fully saturated rings. The van der Waals surface area contributed by atoms with Gasteiger partial charge in [-0.05, 0) is 51.8 Å². The van der Waals surface area contributed by atoms with E-state index in [4.69, 9.17) is 4.74 Å². The molecular formula is C16H24O4S. The molecule has 0 aromatic heterocycles. The van der Waals surface area contributed by atoms with Crippen molar-refractivity contribution in [1.29, 1.82) is 0 Å². The molecule has 0 saturated carbocycles. The van der Waals surface area contributed by atoms with Gasteiger partial charge < -0.3 is 9.84 Å². The SMILES string of the molecule is CC1(C)CC(C(O)c2ccc(S(C)(=O)=O)cc2)C(C)(C)O1. The number of sulfone groups is 1. The minimum atomic E-state index is -3.21. The van der Waals surface area contributed by atoms with Crippen molar-refractivity contribution in [2.75, 3.05) is 6.26 Å². The Morgan fingerprint density at radius 1 is 1.19 bits per heavy atom. The zero-order valence-corrected chi connectivity index (χ0v) is 14.1. The molecule has 5 heteroatoms. The van der Waals surface area contributed by atoms with E-state index < -0.39 is 21.5 Å². The fourth-order valence-electron chi connectivity index (χ4n) is 3.24. The van der Waals surface area contributed by atoms with E-state index in [1.54, 1.807) is 24.3 Å². The molecule has 0 amide bonds. The van der Waals surface area contributed by atoms with Crippen LogP contribution in [0.2, 0.25) is 0 Å². The van der Waals surface area contributed by atoms with Gasteiger partial charge in [-0.2, -0.15) is 0 Å². The van der Waals surface area contributed by atoms with Crippen LogP contribution in [-0.2, 0) is 14.6 Å². The Balaban J connectivity index is 2.26. The van der Waals surface area contributed by atoms with Crippen LogP contribution in [0.3, 0.4) is 0 Å². The first-order chi connectivity index (χ1) is 9.42. The maximum absolute atomic E-state index is 11.5. The summed E-state index contributed by atoms with van der Waals surface area (Å²) in [5.74, 6) is -0.0309. The number of aliphatic hydroxyl groups is 1. The number of ether oxygens (including phenoxy) is 1. The lowest BCUT2D eigenvalue weighted by atomic mass is 9.80. The Kier molecular flexibility index (Phi) is 3.98. The summed E-state index contributed by atoms with van der Waals surface area (Å²) in [6, 6.07) is 6.45. The van der Waals surface area contributed by atoms with Gasteiger partial charge in [0.2, 0.25) is 0 Å². The van der Waals surface area contributed by atoms with Crippen molar-refractivity contribution >= 4 is 9.84 Å². The Bertz CT molecular complexity index is 614. The normalized spacial score (nSPS) is 25.7. The first kappa shape index (κ1) is 16.5. The van der Waals surface area contributed by atoms with E-state index in [1.165, 1.54) is 6.26 Å². The molecule has 0 bridgehead atoms. The molecule has 2 unspecified atom stereocenters. The van der Waals surface area contributed by atoms with Crippen molar-refractivity contribution in [2.24, 2.45) is 5.92 Å². The van der Waals surface area contributed by atoms with Gasteiger partial charge >= 0.3 is 0 Å². The van der Waals surface area contributed by atoms with Crippen LogP contribution in [0.5, 0.6) is 0 Å². The molecule has 1 aromatic rings. The zero-order valence-electron chi connectivity index (χ0n) is 13.3. The standard InChI is InChI=1S/C16H24O4S/c1-15(2)10-13(16(3,4)20-15)14(17)11-6-8-12(9-7-11)21(5,18)19/h6-9,13-14,17H,10H2,1-5H3. The highest BCUT2D eigenvalue weighted by Gasteiger charge is 2.49. The third-order valence-electron chi connectivity index (χ3n) is 4.17. The van der Waals surface area contributed by atoms with E-state index in [2.05, 4.69) is 0 Å². The van der Waals surface area contributed by atoms with Crippen molar-refractivity contribution in [1.82, 2.24) is 0 Å². The van der Waals surface area contributed by atoms with Gasteiger partial charge in [-0.1, -0.05) is 12.1 Å². The molecule has 1 aromatic carbocycles. The lowest BCUT2D eigenvalue weighted by molar-refractivity contribution is -0.0880. The molecule has 0 radical (unpaired) electrons. The largest absolute Gasteiger partial charge is 0.388 e. The number of hydrogen-bond donors (Lipinski definition) is 1. The van der Waals surface area contributed by atoms with Gasteiger partial charge in [-0.3, -0.25) is 0 Å². The summed E-state index contributed by atoms with van der Waals surface area (Å²) in [5, 5.41) is 10.7. The summed E-state index contributed by atoms with van der Waals surface area (Å²) in [6.07, 6.45) is 1.26. The molecule has 118 valence electrons. The molecule has 1 saturated heterocycles. The highest BCUT2D eigenvalue weighted by Crippen LogP contribution is 2.47. The lowest BCUT2D eigenvalue weighted by Gasteiger charge is -2.30. The number of rotatable bonds is 3. The van der Waals surface area contributed by atoms with Crippen LogP contribution in [0.25, 0.3) is 0 Å². The highest BCUT2D eigenvalue weighted by atomic mass is 32.2. The molecule has 1 N–H and O–H groups in total. The maximum Gasteiger partial charge on any atom is 0.175 e. The van der Waals surface area contributed by atoms with E-state index in [0.29, 0.717) is 0 Å². The average Bonchev–Trinajstić information content (AvgIpc) is 2.55. The second kappa shape index (κ2) is 5.07. The number of hydrogen-bond acceptors (Lipinski definition) is 4. The second-order valence-corrected chi connectivity index (χ2v) is 9.08. The Morgan fingerprint density at radius 3 is 2.10 bits per heavy atom. The van der Waals surface area contributed by atoms with Crippen molar-refractivity contribution in [3.63, 3.8) is 0 Å². The Morgan fingerprint density at radius 2 is 1.71 bits per heavy atom. The van der Waals surface area contributed by atoms with Crippen molar-refractivity contribution in [2.45, 2.75) is 56.3 Å². The molecule has 1 heterocycles. The van der Waals surface area contributed by atoms with Crippen LogP contribution < -0.4 is 0 Å². The molecule has 2 rings (SSSR count). The van der Waals surface area contributed by atoms with Crippen LogP contribution in [0.15, 0.2) is 29.2 Å². The third kappa shape index (κ3) is 3.47. The van der Waals surface area contributed by atoms with E-state index in [-0.39, 0.29) is 16.4 Å². The molecule has 1 aliphatic heterocycles. The summed E-state index contributed by atoms with van der Waals surface area (Å²) in [7, 11) is -3.21. The molecule has 0 aliphatic carbocycles. The van der Waals surface area contributed by atoms with E-state index in [1.807, 2.05) is 27.7 Å². The van der Waals surface area contributed by atoms with Gasteiger partial charge in [-0.25, -0.2) is 8.42 Å². The molecule has 1 aliphatic rings. The summed E-state index contributed by atoms with van der Waals surface area (Å²) in [5.41, 5.74) is 0.0436. The minimum absolute atomic E-state index is 0.0309. The lowest BCUT2D eigenvalue weighted by Crippen LogP contribution is -2.32. The first-order valence-corrected chi connectivity index (χ1v) is 9.00. The fourth-order valence-corrected chi connectivity index (χ4v) is 3.87. The zero-order chi connectivity index (χ0) is 16.1. The quantitative estimate of drug-likeness (QED) is 0.932. The monoisotopic (exact) mass is 312 g/mol. The van der Waals surface area contributed by atoms with Crippen LogP contribution in [0.1, 0.15) is 45.8 Å². The van der Waals surface area contributed by atoms with Crippen LogP contribution >= 0.6 is 0 Å². The van der Waals surface area contributed by atoms with E-state index in [0.717, 1.165) is 12.0 Å². The third-order valence-corrected chi connectivity index (χ3v) is 5.30. The minimum Gasteiger partial charge on any atom is -0.388 e. The summed E-state index contributed by atoms with van der Waals surface area (Å²) in [6.45, 7) is 8.02. The average molecular weight is 312 g/mol. The van der Waals surface area contributed by atoms with Gasteiger partial charge in [0, 0.05) is 12.2 Å². The smallest absolute Gasteiger partial charge is 0.175 e. The van der Waals surface area contributed by atoms with E-state index >= 15 is 0 Å². The Labute approximate surface area is 127 Å². The second-order valence-electron chi connectivity index (χ2n) is 7.06. The van der Waals surface area contributed by atoms with Gasteiger partial charge in [0.15, 0.2) is 9.84 Å². The molecule has 4 nitrogen and oxygen atoms in total. The molecule has 2 atom stereocenters. The molecule has 21 heavy (non-hydrogen) atoms. The first-order valence-electron chi connectivity index (χ1n) is 7.11. The number of benzene rings is 1. The predicted octanol–water partition coefficient (Wildman–Crippen LogP) is 2.72. The van der Waals surface area contributed by atoms with Crippen LogP contribution in [0, 0.1) is 5.92 Å². The Hall–Kier alpha value is -0.910. The van der Waals surface area contributed by atoms with Crippen molar-refractivity contribution in [3.05, 3.63) is 29.8 Å². The summed E-state index contributed by atoms with van der Waals surface area (Å²) in [4.78, 5) is 0.265. The predicted molar refractivity (Wildman–Crippen MR) is 81.9 cm³/mol. The van der Waals surface area contributed by atoms with Crippen LogP contribution in [0.4, 0.5) is 0 Å². The van der Waals surface area contributed by atoms with Crippen LogP contribution in [-0.4, -0.2) is 31.0 Å². The van der Waals surface area contributed by atoms with Gasteiger partial charge in [0.1, 0.15) is 0 Å². The number of aliphatic hydroxyl groups excluding tert-OH is 1. The van der Waals surface area contributed by atoms with E-state index in [9.17, 15) is 13.5 Å². The summed E-state index contributed by atoms with van der Waals surface area (Å²) >= 11 is 0. The fraction of sp³-hybridized carbons (Fsp3) is 0.625. The summed E-state index contributed by atoms with van der Waals surface area (Å²) < 4.78 is 29.0.